The lowest BCUT2D eigenvalue weighted by Crippen LogP contribution is -2.30. The molecule has 1 aromatic carbocycles. The van der Waals surface area contributed by atoms with Gasteiger partial charge >= 0.3 is 0 Å². The Hall–Kier alpha value is -2.69. The number of methoxy groups -OCH3 is 1. The number of hydrogen-bond acceptors (Lipinski definition) is 4. The number of Topliss-reactive ketones (excluding diaryl/α,β-unsaturated/α-hetero) is 1. The van der Waals surface area contributed by atoms with Crippen LogP contribution in [0.2, 0.25) is 0 Å². The molecular weight excluding hydrogens is 352 g/mol. The van der Waals surface area contributed by atoms with E-state index in [-0.39, 0.29) is 24.2 Å². The Balaban J connectivity index is 1.94. The first kappa shape index (κ1) is 20.1. The lowest BCUT2D eigenvalue weighted by Gasteiger charge is -2.18. The number of ether oxygens (including phenoxy) is 1. The van der Waals surface area contributed by atoms with Crippen LogP contribution in [-0.2, 0) is 6.42 Å². The van der Waals surface area contributed by atoms with Gasteiger partial charge in [-0.05, 0) is 62.6 Å². The van der Waals surface area contributed by atoms with Gasteiger partial charge < -0.3 is 4.74 Å². The zero-order valence-electron chi connectivity index (χ0n) is 16.9. The van der Waals surface area contributed by atoms with Gasteiger partial charge in [0.25, 0.3) is 0 Å². The maximum atomic E-state index is 13.1. The molecule has 0 N–H and O–H groups in total. The molecule has 1 aliphatic carbocycles. The number of aromatic nitrogens is 1. The van der Waals surface area contributed by atoms with Gasteiger partial charge in [-0.25, -0.2) is 0 Å². The third kappa shape index (κ3) is 4.77. The average molecular weight is 380 g/mol. The summed E-state index contributed by atoms with van der Waals surface area (Å²) in [6.45, 7) is 3.53. The summed E-state index contributed by atoms with van der Waals surface area (Å²) in [7, 11) is 1.57. The second-order valence-electron chi connectivity index (χ2n) is 7.51. The zero-order valence-corrected chi connectivity index (χ0v) is 16.9. The third-order valence-corrected chi connectivity index (χ3v) is 5.28. The molecule has 0 spiro atoms. The van der Waals surface area contributed by atoms with Crippen LogP contribution in [0, 0.1) is 6.92 Å². The Kier molecular flexibility index (Phi) is 6.45. The second-order valence-corrected chi connectivity index (χ2v) is 7.51. The first-order valence-electron chi connectivity index (χ1n) is 9.92. The monoisotopic (exact) mass is 380 g/mol. The van der Waals surface area contributed by atoms with Crippen molar-refractivity contribution in [1.82, 2.24) is 4.57 Å². The number of hydrogen-bond donors (Lipinski definition) is 0. The summed E-state index contributed by atoms with van der Waals surface area (Å²) in [4.78, 5) is 29.7. The molecule has 0 bridgehead atoms. The molecule has 0 saturated heterocycles. The van der Waals surface area contributed by atoms with Gasteiger partial charge in [0.15, 0.2) is 5.78 Å². The molecule has 0 unspecified atom stereocenters. The van der Waals surface area contributed by atoms with Gasteiger partial charge in [0.1, 0.15) is 11.2 Å². The van der Waals surface area contributed by atoms with Gasteiger partial charge in [-0.15, -0.1) is 0 Å². The van der Waals surface area contributed by atoms with Crippen molar-refractivity contribution in [1.29, 1.82) is 0 Å². The molecule has 1 aromatic heterocycles. The molecule has 2 aromatic rings. The second kappa shape index (κ2) is 9.00. The lowest BCUT2D eigenvalue weighted by atomic mass is 9.96. The Labute approximate surface area is 166 Å². The van der Waals surface area contributed by atoms with Gasteiger partial charge in [0, 0.05) is 17.3 Å². The minimum Gasteiger partial charge on any atom is -0.496 e. The predicted molar refractivity (Wildman–Crippen MR) is 109 cm³/mol. The summed E-state index contributed by atoms with van der Waals surface area (Å²) >= 11 is 0. The van der Waals surface area contributed by atoms with Crippen LogP contribution in [0.4, 0.5) is 0 Å². The minimum atomic E-state index is -0.0893. The van der Waals surface area contributed by atoms with Crippen LogP contribution in [0.1, 0.15) is 65.3 Å². The number of nitrogens with zero attached hydrogens (tertiary/aromatic N) is 2. The number of rotatable bonds is 5. The van der Waals surface area contributed by atoms with E-state index >= 15 is 0 Å². The highest BCUT2D eigenvalue weighted by molar-refractivity contribution is 5.94. The van der Waals surface area contributed by atoms with E-state index in [0.29, 0.717) is 22.4 Å². The summed E-state index contributed by atoms with van der Waals surface area (Å²) in [5, 5.41) is 0. The Morgan fingerprint density at radius 1 is 1.14 bits per heavy atom. The molecule has 0 radical (unpaired) electrons. The molecule has 0 amide bonds. The Morgan fingerprint density at radius 2 is 1.89 bits per heavy atom. The fraction of sp³-hybridized carbons (Fsp3) is 0.435. The van der Waals surface area contributed by atoms with Gasteiger partial charge in [0.2, 0.25) is 5.91 Å². The quantitative estimate of drug-likeness (QED) is 0.733. The van der Waals surface area contributed by atoms with Crippen molar-refractivity contribution in [2.75, 3.05) is 7.11 Å². The smallest absolute Gasteiger partial charge is 0.236 e. The van der Waals surface area contributed by atoms with E-state index in [2.05, 4.69) is 0 Å². The summed E-state index contributed by atoms with van der Waals surface area (Å²) in [5.41, 5.74) is 3.06. The molecule has 28 heavy (non-hydrogen) atoms. The minimum absolute atomic E-state index is 0.0349. The van der Waals surface area contributed by atoms with E-state index in [4.69, 9.17) is 9.73 Å². The number of ketones is 1. The maximum absolute atomic E-state index is 13.1. The third-order valence-electron chi connectivity index (χ3n) is 5.28. The first-order chi connectivity index (χ1) is 13.5. The first-order valence-corrected chi connectivity index (χ1v) is 9.92. The summed E-state index contributed by atoms with van der Waals surface area (Å²) in [6, 6.07) is 9.37. The largest absolute Gasteiger partial charge is 0.496 e. The number of aryl methyl sites for hydroxylation is 1. The van der Waals surface area contributed by atoms with Crippen LogP contribution in [-0.4, -0.2) is 29.4 Å². The lowest BCUT2D eigenvalue weighted by molar-refractivity contribution is 0.0906. The van der Waals surface area contributed by atoms with E-state index in [9.17, 15) is 9.59 Å². The van der Waals surface area contributed by atoms with Crippen LogP contribution in [0.3, 0.4) is 0 Å². The molecule has 148 valence electrons. The maximum Gasteiger partial charge on any atom is 0.236 e. The van der Waals surface area contributed by atoms with Crippen LogP contribution < -0.4 is 10.2 Å². The van der Waals surface area contributed by atoms with Crippen LogP contribution in [0.5, 0.6) is 5.75 Å². The normalized spacial score (nSPS) is 15.5. The van der Waals surface area contributed by atoms with E-state index in [1.807, 2.05) is 19.1 Å². The summed E-state index contributed by atoms with van der Waals surface area (Å²) in [6.07, 6.45) is 7.76. The average Bonchev–Trinajstić information content (AvgIpc) is 2.68. The Morgan fingerprint density at radius 3 is 2.57 bits per heavy atom. The van der Waals surface area contributed by atoms with Crippen molar-refractivity contribution >= 4 is 11.7 Å². The van der Waals surface area contributed by atoms with Crippen molar-refractivity contribution in [2.24, 2.45) is 4.99 Å². The van der Waals surface area contributed by atoms with Gasteiger partial charge in [0.05, 0.1) is 19.6 Å². The molecular formula is C23H28N2O3. The van der Waals surface area contributed by atoms with E-state index in [1.165, 1.54) is 26.2 Å². The SMILES string of the molecule is COc1ccc(C(C)=O)cc1CC(=O)n1ccc(C)cc1=NC1CCCCC1. The van der Waals surface area contributed by atoms with Crippen LogP contribution >= 0.6 is 0 Å². The van der Waals surface area contributed by atoms with Crippen LogP contribution in [0.25, 0.3) is 0 Å². The standard InChI is InChI=1S/C23H28N2O3/c1-16-11-12-25(22(13-16)24-20-7-5-4-6-8-20)23(27)15-19-14-18(17(2)26)9-10-21(19)28-3/h9-14,20H,4-8,15H2,1-3H3. The van der Waals surface area contributed by atoms with Crippen molar-refractivity contribution < 1.29 is 14.3 Å². The number of carbonyl (C=O) groups is 2. The summed E-state index contributed by atoms with van der Waals surface area (Å²) in [5.74, 6) is 0.484. The molecule has 0 atom stereocenters. The Bertz CT molecular complexity index is 937. The molecule has 5 nitrogen and oxygen atoms in total. The fourth-order valence-electron chi connectivity index (χ4n) is 3.68. The molecule has 1 fully saturated rings. The molecule has 1 saturated carbocycles. The predicted octanol–water partition coefficient (Wildman–Crippen LogP) is 4.12. The molecule has 1 aliphatic rings. The number of benzene rings is 1. The molecule has 3 rings (SSSR count). The van der Waals surface area contributed by atoms with Crippen molar-refractivity contribution in [3.63, 3.8) is 0 Å². The number of pyridine rings is 1. The highest BCUT2D eigenvalue weighted by atomic mass is 16.5. The fourth-order valence-corrected chi connectivity index (χ4v) is 3.68. The van der Waals surface area contributed by atoms with Crippen LogP contribution in [0.15, 0.2) is 41.5 Å². The van der Waals surface area contributed by atoms with E-state index in [0.717, 1.165) is 18.4 Å². The molecule has 5 heteroatoms. The highest BCUT2D eigenvalue weighted by Gasteiger charge is 2.15. The topological polar surface area (TPSA) is 60.7 Å². The zero-order chi connectivity index (χ0) is 20.1. The molecule has 1 heterocycles. The highest BCUT2D eigenvalue weighted by Crippen LogP contribution is 2.22. The van der Waals surface area contributed by atoms with Crippen molar-refractivity contribution in [3.05, 3.63) is 58.7 Å². The molecule has 0 aliphatic heterocycles. The summed E-state index contributed by atoms with van der Waals surface area (Å²) < 4.78 is 7.02. The van der Waals surface area contributed by atoms with E-state index < -0.39 is 0 Å². The van der Waals surface area contributed by atoms with Gasteiger partial charge in [-0.1, -0.05) is 19.3 Å². The van der Waals surface area contributed by atoms with Gasteiger partial charge in [-0.3, -0.25) is 19.1 Å². The number of carbonyl (C=O) groups excluding carboxylic acids is 2. The van der Waals surface area contributed by atoms with Crippen molar-refractivity contribution in [3.8, 4) is 5.75 Å². The van der Waals surface area contributed by atoms with Gasteiger partial charge in [-0.2, -0.15) is 0 Å². The van der Waals surface area contributed by atoms with E-state index in [1.54, 1.807) is 36.1 Å². The van der Waals surface area contributed by atoms with Crippen molar-refractivity contribution in [2.45, 2.75) is 58.4 Å².